The summed E-state index contributed by atoms with van der Waals surface area (Å²) in [5.41, 5.74) is 0. The van der Waals surface area contributed by atoms with Gasteiger partial charge in [0.15, 0.2) is 0 Å². The van der Waals surface area contributed by atoms with Gasteiger partial charge in [-0.3, -0.25) is 0 Å². The second-order valence-corrected chi connectivity index (χ2v) is 1.54. The third kappa shape index (κ3) is 125. The Balaban J connectivity index is -0.00000000800. The first kappa shape index (κ1) is 38.3. The molecule has 0 aliphatic rings. The van der Waals surface area contributed by atoms with Gasteiger partial charge < -0.3 is 14.7 Å². The first-order valence-electron chi connectivity index (χ1n) is 0.783. The molecule has 0 aromatic carbocycles. The summed E-state index contributed by atoms with van der Waals surface area (Å²) in [4.78, 5) is 21.6. The molecule has 0 aliphatic carbocycles. The molecule has 1 radical (unpaired) electrons. The summed E-state index contributed by atoms with van der Waals surface area (Å²) < 4.78 is 8.88. The van der Waals surface area contributed by atoms with E-state index in [0.717, 1.165) is 0 Å². The molecule has 3 N–H and O–H groups in total. The Kier molecular flexibility index (Phi) is 68.5. The molecule has 0 amide bonds. The normalized spacial score (nSPS) is 5.90. The molecule has 0 atom stereocenters. The van der Waals surface area contributed by atoms with Crippen molar-refractivity contribution in [2.45, 2.75) is 0 Å². The fourth-order valence-electron chi connectivity index (χ4n) is 0. The van der Waals surface area contributed by atoms with E-state index in [2.05, 4.69) is 0 Å². The molecule has 53 valence electrons. The zero-order valence-electron chi connectivity index (χ0n) is 2.93. The minimum absolute atomic E-state index is 0. The molecule has 0 aliphatic heterocycles. The summed E-state index contributed by atoms with van der Waals surface area (Å²) in [6.07, 6.45) is 0. The molecule has 0 fully saturated rings. The molecule has 4 nitrogen and oxygen atoms in total. The zero-order valence-corrected chi connectivity index (χ0v) is 6.11. The topological polar surface area (TPSA) is 77.8 Å². The van der Waals surface area contributed by atoms with Gasteiger partial charge in [-0.15, -0.1) is 0 Å². The van der Waals surface area contributed by atoms with Crippen LogP contribution in [0.1, 0.15) is 0 Å². The predicted molar refractivity (Wildman–Crippen MR) is 35.7 cm³/mol. The van der Waals surface area contributed by atoms with Crippen molar-refractivity contribution in [2.24, 2.45) is 0 Å². The summed E-state index contributed by atoms with van der Waals surface area (Å²) in [5.74, 6) is 0. The van der Waals surface area contributed by atoms with Crippen LogP contribution in [-0.4, -0.2) is 71.3 Å². The molecule has 0 spiro atoms. The van der Waals surface area contributed by atoms with Gasteiger partial charge in [-0.25, -0.2) is 4.57 Å². The second kappa shape index (κ2) is 17.9. The van der Waals surface area contributed by atoms with E-state index in [4.69, 9.17) is 19.2 Å². The molecule has 0 aromatic rings. The van der Waals surface area contributed by atoms with Gasteiger partial charge in [-0.2, -0.15) is 0 Å². The first-order valence-corrected chi connectivity index (χ1v) is 2.35. The van der Waals surface area contributed by atoms with Crippen molar-refractivity contribution in [3.8, 4) is 0 Å². The average Bonchev–Trinajstić information content (AvgIpc) is 0.722. The maximum Gasteiger partial charge on any atom is 0 e. The van der Waals surface area contributed by atoms with E-state index in [1.54, 1.807) is 0 Å². The maximum atomic E-state index is 8.88. The number of hydrogen-bond acceptors (Lipinski definition) is 1. The summed E-state index contributed by atoms with van der Waals surface area (Å²) in [7, 11) is -4.64. The van der Waals surface area contributed by atoms with Crippen LogP contribution in [0.5, 0.6) is 0 Å². The van der Waals surface area contributed by atoms with Crippen molar-refractivity contribution < 1.29 is 53.4 Å². The van der Waals surface area contributed by atoms with Crippen LogP contribution in [0.2, 0.25) is 0 Å². The quantitative estimate of drug-likeness (QED) is 0.310. The van der Waals surface area contributed by atoms with Crippen LogP contribution in [0, 0.1) is 0 Å². The Bertz CT molecular complexity index is 66.6. The summed E-state index contributed by atoms with van der Waals surface area (Å²) in [5, 5.41) is 0. The van der Waals surface area contributed by atoms with Crippen LogP contribution in [-0.2, 0) is 38.7 Å². The van der Waals surface area contributed by atoms with Gasteiger partial charge >= 0.3 is 64.4 Å². The van der Waals surface area contributed by atoms with Crippen molar-refractivity contribution in [3.63, 3.8) is 0 Å². The third-order valence-corrected chi connectivity index (χ3v) is 0. The van der Waals surface area contributed by atoms with E-state index in [1.807, 2.05) is 0 Å². The Hall–Kier alpha value is 2.94. The molecule has 0 aromatic heterocycles. The molecular weight excluding hydrogens is 227 g/mol. The van der Waals surface area contributed by atoms with Crippen molar-refractivity contribution >= 4 is 64.4 Å². The van der Waals surface area contributed by atoms with Gasteiger partial charge in [0, 0.05) is 34.1 Å². The largest absolute Gasteiger partial charge is 0 e. The SMILES string of the molecule is O=P(O)(O)O.[Fe].[LiH].[LiH].[LiH].[Mn]. The standard InChI is InChI=1S/Fe.3Li.Mn.H3O4P.3H/c;;;;;1-5(2,3)4;;;/h;;;;;(H3,1,2,3,4);;;. The summed E-state index contributed by atoms with van der Waals surface area (Å²) in [6, 6.07) is 0. The third-order valence-electron chi connectivity index (χ3n) is 0. The minimum atomic E-state index is -4.64. The predicted octanol–water partition coefficient (Wildman–Crippen LogP) is -2.88. The van der Waals surface area contributed by atoms with Crippen LogP contribution < -0.4 is 0 Å². The molecule has 0 rings (SSSR count). The van der Waals surface area contributed by atoms with Crippen molar-refractivity contribution in [1.29, 1.82) is 0 Å². The molecular formula is H6FeLi3MnO4P. The second-order valence-electron chi connectivity index (χ2n) is 0.513. The monoisotopic (exact) mass is 233 g/mol. The van der Waals surface area contributed by atoms with E-state index in [0.29, 0.717) is 0 Å². The van der Waals surface area contributed by atoms with Crippen LogP contribution in [0.3, 0.4) is 0 Å². The Morgan fingerprint density at radius 2 is 0.900 bits per heavy atom. The summed E-state index contributed by atoms with van der Waals surface area (Å²) >= 11 is 0. The molecule has 10 heteroatoms. The fourth-order valence-corrected chi connectivity index (χ4v) is 0. The number of rotatable bonds is 0. The number of hydrogen-bond donors (Lipinski definition) is 3. The average molecular weight is 233 g/mol. The molecule has 0 heterocycles. The smallest absolute Gasteiger partial charge is 0 e. The van der Waals surface area contributed by atoms with Gasteiger partial charge in [0.25, 0.3) is 0 Å². The fraction of sp³-hybridized carbons (Fsp3) is 0. The van der Waals surface area contributed by atoms with Crippen LogP contribution in [0.4, 0.5) is 0 Å². The first-order chi connectivity index (χ1) is 2.00. The van der Waals surface area contributed by atoms with E-state index in [9.17, 15) is 0 Å². The molecule has 10 heavy (non-hydrogen) atoms. The maximum absolute atomic E-state index is 8.88. The number of phosphoric acid groups is 1. The molecule has 0 bridgehead atoms. The van der Waals surface area contributed by atoms with Crippen LogP contribution in [0.25, 0.3) is 0 Å². The molecule has 0 saturated heterocycles. The Labute approximate surface area is 116 Å². The van der Waals surface area contributed by atoms with Gasteiger partial charge in [0.1, 0.15) is 0 Å². The van der Waals surface area contributed by atoms with Crippen molar-refractivity contribution in [3.05, 3.63) is 0 Å². The van der Waals surface area contributed by atoms with Gasteiger partial charge in [-0.1, -0.05) is 0 Å². The van der Waals surface area contributed by atoms with E-state index in [1.165, 1.54) is 0 Å². The van der Waals surface area contributed by atoms with Gasteiger partial charge in [-0.05, 0) is 0 Å². The van der Waals surface area contributed by atoms with Crippen molar-refractivity contribution in [2.75, 3.05) is 0 Å². The summed E-state index contributed by atoms with van der Waals surface area (Å²) in [6.45, 7) is 0. The van der Waals surface area contributed by atoms with E-state index >= 15 is 0 Å². The zero-order chi connectivity index (χ0) is 4.50. The van der Waals surface area contributed by atoms with Crippen LogP contribution >= 0.6 is 7.82 Å². The Morgan fingerprint density at radius 1 is 0.900 bits per heavy atom. The van der Waals surface area contributed by atoms with E-state index < -0.39 is 7.82 Å². The molecule has 0 unspecified atom stereocenters. The van der Waals surface area contributed by atoms with Gasteiger partial charge in [0.05, 0.1) is 0 Å². The molecule has 0 saturated carbocycles. The van der Waals surface area contributed by atoms with Crippen LogP contribution in [0.15, 0.2) is 0 Å². The van der Waals surface area contributed by atoms with E-state index in [-0.39, 0.29) is 90.7 Å². The Morgan fingerprint density at radius 3 is 0.900 bits per heavy atom. The van der Waals surface area contributed by atoms with Crippen molar-refractivity contribution in [1.82, 2.24) is 0 Å². The minimum Gasteiger partial charge on any atom is 0 e. The van der Waals surface area contributed by atoms with Gasteiger partial charge in [0.2, 0.25) is 0 Å².